The number of thiazole rings is 1. The molecular formula is C20H20N2O2S2. The van der Waals surface area contributed by atoms with E-state index < -0.39 is 0 Å². The zero-order chi connectivity index (χ0) is 18.5. The van der Waals surface area contributed by atoms with Crippen LogP contribution in [0, 0.1) is 13.8 Å². The van der Waals surface area contributed by atoms with E-state index in [1.165, 1.54) is 16.9 Å². The van der Waals surface area contributed by atoms with Crippen LogP contribution in [0.4, 0.5) is 5.69 Å². The van der Waals surface area contributed by atoms with Gasteiger partial charge in [0.15, 0.2) is 0 Å². The number of aryl methyl sites for hydroxylation is 2. The highest BCUT2D eigenvalue weighted by molar-refractivity contribution is 7.98. The third-order valence-corrected chi connectivity index (χ3v) is 5.61. The second kappa shape index (κ2) is 8.38. The largest absolute Gasteiger partial charge is 0.486 e. The molecule has 0 radical (unpaired) electrons. The highest BCUT2D eigenvalue weighted by Crippen LogP contribution is 2.23. The molecular weight excluding hydrogens is 364 g/mol. The van der Waals surface area contributed by atoms with Crippen molar-refractivity contribution in [3.8, 4) is 5.75 Å². The van der Waals surface area contributed by atoms with E-state index in [2.05, 4.69) is 10.3 Å². The first-order valence-electron chi connectivity index (χ1n) is 8.16. The van der Waals surface area contributed by atoms with Crippen molar-refractivity contribution in [3.63, 3.8) is 0 Å². The Balaban J connectivity index is 1.66. The smallest absolute Gasteiger partial charge is 0.267 e. The van der Waals surface area contributed by atoms with E-state index in [9.17, 15) is 4.79 Å². The summed E-state index contributed by atoms with van der Waals surface area (Å²) in [7, 11) is 0. The van der Waals surface area contributed by atoms with Gasteiger partial charge in [-0.15, -0.1) is 23.1 Å². The lowest BCUT2D eigenvalue weighted by atomic mass is 10.2. The van der Waals surface area contributed by atoms with Gasteiger partial charge in [-0.1, -0.05) is 23.8 Å². The van der Waals surface area contributed by atoms with E-state index in [-0.39, 0.29) is 5.91 Å². The fraction of sp³-hybridized carbons (Fsp3) is 0.200. The molecule has 0 saturated carbocycles. The number of ether oxygens (including phenoxy) is 1. The number of benzene rings is 2. The summed E-state index contributed by atoms with van der Waals surface area (Å²) in [5.74, 6) is 0.656. The van der Waals surface area contributed by atoms with Crippen LogP contribution in [0.15, 0.2) is 53.4 Å². The molecule has 3 aromatic rings. The van der Waals surface area contributed by atoms with Gasteiger partial charge in [-0.05, 0) is 50.4 Å². The number of anilines is 1. The first-order chi connectivity index (χ1) is 12.5. The molecule has 1 N–H and O–H groups in total. The number of aromatic nitrogens is 1. The summed E-state index contributed by atoms with van der Waals surface area (Å²) >= 11 is 3.01. The summed E-state index contributed by atoms with van der Waals surface area (Å²) in [6.07, 6.45) is 2.01. The van der Waals surface area contributed by atoms with Gasteiger partial charge >= 0.3 is 0 Å². The van der Waals surface area contributed by atoms with Gasteiger partial charge in [0.25, 0.3) is 5.91 Å². The van der Waals surface area contributed by atoms with E-state index in [1.54, 1.807) is 11.8 Å². The van der Waals surface area contributed by atoms with Crippen LogP contribution in [-0.2, 0) is 6.61 Å². The summed E-state index contributed by atoms with van der Waals surface area (Å²) in [5.41, 5.74) is 2.69. The Morgan fingerprint density at radius 3 is 2.69 bits per heavy atom. The van der Waals surface area contributed by atoms with Crippen LogP contribution in [-0.4, -0.2) is 17.1 Å². The monoisotopic (exact) mass is 384 g/mol. The third kappa shape index (κ3) is 4.65. The number of rotatable bonds is 6. The molecule has 1 aromatic heterocycles. The van der Waals surface area contributed by atoms with Crippen molar-refractivity contribution in [2.45, 2.75) is 25.3 Å². The molecule has 3 rings (SSSR count). The van der Waals surface area contributed by atoms with Crippen molar-refractivity contribution in [3.05, 3.63) is 69.7 Å². The SMILES string of the molecule is CSc1cccc(NC(=O)c2sc(COc3ccc(C)cc3)nc2C)c1. The Kier molecular flexibility index (Phi) is 5.96. The molecule has 0 aliphatic heterocycles. The van der Waals surface area contributed by atoms with Gasteiger partial charge in [0.2, 0.25) is 0 Å². The lowest BCUT2D eigenvalue weighted by molar-refractivity contribution is 0.103. The quantitative estimate of drug-likeness (QED) is 0.585. The van der Waals surface area contributed by atoms with Crippen molar-refractivity contribution in [2.24, 2.45) is 0 Å². The summed E-state index contributed by atoms with van der Waals surface area (Å²) in [5, 5.41) is 3.73. The Bertz CT molecular complexity index is 904. The topological polar surface area (TPSA) is 51.2 Å². The van der Waals surface area contributed by atoms with Crippen molar-refractivity contribution in [2.75, 3.05) is 11.6 Å². The van der Waals surface area contributed by atoms with Gasteiger partial charge in [-0.25, -0.2) is 4.98 Å². The van der Waals surface area contributed by atoms with E-state index in [1.807, 2.05) is 68.6 Å². The molecule has 134 valence electrons. The Hall–Kier alpha value is -2.31. The van der Waals surface area contributed by atoms with Crippen molar-refractivity contribution in [1.82, 2.24) is 4.98 Å². The second-order valence-electron chi connectivity index (χ2n) is 5.81. The van der Waals surface area contributed by atoms with Crippen LogP contribution in [0.5, 0.6) is 5.75 Å². The van der Waals surface area contributed by atoms with E-state index in [4.69, 9.17) is 4.74 Å². The number of hydrogen-bond acceptors (Lipinski definition) is 5. The number of carbonyl (C=O) groups is 1. The predicted octanol–water partition coefficient (Wildman–Crippen LogP) is 5.31. The molecule has 0 atom stereocenters. The molecule has 0 bridgehead atoms. The van der Waals surface area contributed by atoms with Gasteiger partial charge in [-0.2, -0.15) is 0 Å². The normalized spacial score (nSPS) is 10.6. The van der Waals surface area contributed by atoms with Crippen LogP contribution in [0.3, 0.4) is 0 Å². The minimum atomic E-state index is -0.139. The van der Waals surface area contributed by atoms with Crippen LogP contribution in [0.25, 0.3) is 0 Å². The Morgan fingerprint density at radius 1 is 1.19 bits per heavy atom. The molecule has 1 amide bonds. The van der Waals surface area contributed by atoms with Crippen molar-refractivity contribution in [1.29, 1.82) is 0 Å². The van der Waals surface area contributed by atoms with Crippen molar-refractivity contribution < 1.29 is 9.53 Å². The number of carbonyl (C=O) groups excluding carboxylic acids is 1. The Morgan fingerprint density at radius 2 is 1.96 bits per heavy atom. The highest BCUT2D eigenvalue weighted by atomic mass is 32.2. The molecule has 1 heterocycles. The molecule has 0 saturated heterocycles. The number of amides is 1. The molecule has 0 spiro atoms. The molecule has 0 aliphatic carbocycles. The maximum atomic E-state index is 12.6. The predicted molar refractivity (Wildman–Crippen MR) is 109 cm³/mol. The first kappa shape index (κ1) is 18.5. The molecule has 0 fully saturated rings. The van der Waals surface area contributed by atoms with Crippen LogP contribution in [0.2, 0.25) is 0 Å². The van der Waals surface area contributed by atoms with Crippen LogP contribution >= 0.6 is 23.1 Å². The molecule has 4 nitrogen and oxygen atoms in total. The van der Waals surface area contributed by atoms with Gasteiger partial charge < -0.3 is 10.1 Å². The number of nitrogens with one attached hydrogen (secondary N) is 1. The minimum Gasteiger partial charge on any atom is -0.486 e. The average molecular weight is 385 g/mol. The molecule has 2 aromatic carbocycles. The van der Waals surface area contributed by atoms with Crippen LogP contribution in [0.1, 0.15) is 25.9 Å². The zero-order valence-corrected chi connectivity index (χ0v) is 16.5. The molecule has 0 unspecified atom stereocenters. The van der Waals surface area contributed by atoms with E-state index in [0.717, 1.165) is 27.0 Å². The van der Waals surface area contributed by atoms with Gasteiger partial charge in [0, 0.05) is 10.6 Å². The zero-order valence-electron chi connectivity index (χ0n) is 14.9. The van der Waals surface area contributed by atoms with E-state index in [0.29, 0.717) is 11.5 Å². The third-order valence-electron chi connectivity index (χ3n) is 3.76. The molecule has 26 heavy (non-hydrogen) atoms. The summed E-state index contributed by atoms with van der Waals surface area (Å²) in [4.78, 5) is 18.8. The van der Waals surface area contributed by atoms with Gasteiger partial charge in [0.1, 0.15) is 22.2 Å². The van der Waals surface area contributed by atoms with E-state index >= 15 is 0 Å². The summed E-state index contributed by atoms with van der Waals surface area (Å²) in [6, 6.07) is 15.7. The molecule has 6 heteroatoms. The number of nitrogens with zero attached hydrogens (tertiary/aromatic N) is 1. The lowest BCUT2D eigenvalue weighted by Gasteiger charge is -2.05. The van der Waals surface area contributed by atoms with Gasteiger partial charge in [-0.3, -0.25) is 4.79 Å². The molecule has 0 aliphatic rings. The average Bonchev–Trinajstić information content (AvgIpc) is 3.02. The second-order valence-corrected chi connectivity index (χ2v) is 7.77. The Labute approximate surface area is 161 Å². The maximum absolute atomic E-state index is 12.6. The summed E-state index contributed by atoms with van der Waals surface area (Å²) < 4.78 is 5.76. The first-order valence-corrected chi connectivity index (χ1v) is 10.2. The van der Waals surface area contributed by atoms with Crippen LogP contribution < -0.4 is 10.1 Å². The highest BCUT2D eigenvalue weighted by Gasteiger charge is 2.16. The summed E-state index contributed by atoms with van der Waals surface area (Å²) in [6.45, 7) is 4.23. The standard InChI is InChI=1S/C20H20N2O2S2/c1-13-7-9-16(10-8-13)24-12-18-21-14(2)19(26-18)20(23)22-15-5-4-6-17(11-15)25-3/h4-11H,12H2,1-3H3,(H,22,23). The fourth-order valence-corrected chi connectivity index (χ4v) is 3.73. The maximum Gasteiger partial charge on any atom is 0.267 e. The fourth-order valence-electron chi connectivity index (χ4n) is 2.39. The number of hydrogen-bond donors (Lipinski definition) is 1. The van der Waals surface area contributed by atoms with Gasteiger partial charge in [0.05, 0.1) is 5.69 Å². The lowest BCUT2D eigenvalue weighted by Crippen LogP contribution is -2.11. The number of thioether (sulfide) groups is 1. The minimum absolute atomic E-state index is 0.139. The van der Waals surface area contributed by atoms with Crippen molar-refractivity contribution >= 4 is 34.7 Å².